The molecule has 1 aromatic rings. The van der Waals surface area contributed by atoms with Gasteiger partial charge in [0.05, 0.1) is 10.5 Å². The fourth-order valence-electron chi connectivity index (χ4n) is 2.31. The molecule has 0 spiro atoms. The fraction of sp³-hybridized carbons (Fsp3) is 0.400. The lowest BCUT2D eigenvalue weighted by Gasteiger charge is -2.22. The summed E-state index contributed by atoms with van der Waals surface area (Å²) in [4.78, 5) is 22.1. The minimum Gasteiger partial charge on any atom is -0.459 e. The van der Waals surface area contributed by atoms with Crippen LogP contribution in [0.4, 0.5) is 5.69 Å². The topological polar surface area (TPSA) is 69.4 Å². The molecule has 1 aliphatic rings. The van der Waals surface area contributed by atoms with Crippen LogP contribution in [0, 0.1) is 10.1 Å². The maximum absolute atomic E-state index is 12.0. The summed E-state index contributed by atoms with van der Waals surface area (Å²) in [6.07, 6.45) is 5.14. The molecule has 5 heteroatoms. The number of esters is 1. The molecule has 0 unspecified atom stereocenters. The lowest BCUT2D eigenvalue weighted by molar-refractivity contribution is -0.384. The summed E-state index contributed by atoms with van der Waals surface area (Å²) in [5.74, 6) is -0.439. The van der Waals surface area contributed by atoms with Crippen molar-refractivity contribution in [2.45, 2.75) is 38.2 Å². The van der Waals surface area contributed by atoms with E-state index in [2.05, 4.69) is 6.58 Å². The van der Waals surface area contributed by atoms with Gasteiger partial charge in [0.15, 0.2) is 0 Å². The lowest BCUT2D eigenvalue weighted by Crippen LogP contribution is -2.21. The normalized spacial score (nSPS) is 15.6. The smallest absolute Gasteiger partial charge is 0.338 e. The molecular weight excluding hydrogens is 258 g/mol. The molecule has 0 atom stereocenters. The Labute approximate surface area is 117 Å². The fourth-order valence-corrected chi connectivity index (χ4v) is 2.31. The predicted octanol–water partition coefficient (Wildman–Crippen LogP) is 3.48. The van der Waals surface area contributed by atoms with Crippen LogP contribution >= 0.6 is 0 Å². The highest BCUT2D eigenvalue weighted by molar-refractivity contribution is 6.15. The van der Waals surface area contributed by atoms with Gasteiger partial charge in [-0.25, -0.2) is 4.79 Å². The van der Waals surface area contributed by atoms with E-state index in [1.54, 1.807) is 0 Å². The molecule has 106 valence electrons. The van der Waals surface area contributed by atoms with E-state index in [1.807, 2.05) is 0 Å². The third kappa shape index (κ3) is 3.44. The van der Waals surface area contributed by atoms with E-state index in [1.165, 1.54) is 30.7 Å². The number of hydrogen-bond acceptors (Lipinski definition) is 4. The van der Waals surface area contributed by atoms with Gasteiger partial charge in [-0.3, -0.25) is 10.1 Å². The summed E-state index contributed by atoms with van der Waals surface area (Å²) in [6, 6.07) is 5.74. The zero-order chi connectivity index (χ0) is 14.5. The Morgan fingerprint density at radius 3 is 2.35 bits per heavy atom. The molecule has 0 radical (unpaired) electrons. The third-order valence-electron chi connectivity index (χ3n) is 3.50. The second kappa shape index (κ2) is 6.32. The van der Waals surface area contributed by atoms with Gasteiger partial charge in [0.2, 0.25) is 0 Å². The zero-order valence-electron chi connectivity index (χ0n) is 11.2. The number of carbonyl (C=O) groups is 1. The number of non-ortho nitro benzene ring substituents is 1. The van der Waals surface area contributed by atoms with Crippen LogP contribution in [0.3, 0.4) is 0 Å². The first kappa shape index (κ1) is 14.2. The van der Waals surface area contributed by atoms with Gasteiger partial charge in [-0.1, -0.05) is 13.0 Å². The molecule has 0 heterocycles. The van der Waals surface area contributed by atoms with Crippen molar-refractivity contribution in [3.8, 4) is 0 Å². The highest BCUT2D eigenvalue weighted by Gasteiger charge is 2.20. The van der Waals surface area contributed by atoms with Gasteiger partial charge in [-0.2, -0.15) is 0 Å². The molecular formula is C15H17NO4. The molecule has 1 aromatic carbocycles. The number of nitro groups is 1. The minimum absolute atomic E-state index is 0.0119. The summed E-state index contributed by atoms with van der Waals surface area (Å²) in [6.45, 7) is 3.72. The Morgan fingerprint density at radius 2 is 1.80 bits per heavy atom. The third-order valence-corrected chi connectivity index (χ3v) is 3.50. The van der Waals surface area contributed by atoms with Crippen molar-refractivity contribution in [3.05, 3.63) is 46.5 Å². The van der Waals surface area contributed by atoms with Gasteiger partial charge in [0, 0.05) is 12.1 Å². The maximum atomic E-state index is 12.0. The van der Waals surface area contributed by atoms with Crippen LogP contribution in [-0.2, 0) is 9.53 Å². The van der Waals surface area contributed by atoms with Gasteiger partial charge in [0.1, 0.15) is 6.10 Å². The Morgan fingerprint density at radius 1 is 1.20 bits per heavy atom. The van der Waals surface area contributed by atoms with Gasteiger partial charge < -0.3 is 4.74 Å². The molecule has 0 amide bonds. The molecule has 20 heavy (non-hydrogen) atoms. The highest BCUT2D eigenvalue weighted by atomic mass is 16.6. The van der Waals surface area contributed by atoms with Crippen LogP contribution < -0.4 is 0 Å². The molecule has 0 aromatic heterocycles. The van der Waals surface area contributed by atoms with Crippen LogP contribution in [0.1, 0.15) is 37.7 Å². The van der Waals surface area contributed by atoms with E-state index in [0.717, 1.165) is 25.7 Å². The number of carbonyl (C=O) groups excluding carboxylic acids is 1. The number of nitrogens with zero attached hydrogens (tertiary/aromatic N) is 1. The van der Waals surface area contributed by atoms with Crippen molar-refractivity contribution in [2.24, 2.45) is 0 Å². The Hall–Kier alpha value is -2.17. The molecule has 0 bridgehead atoms. The van der Waals surface area contributed by atoms with Crippen LogP contribution in [0.2, 0.25) is 0 Å². The van der Waals surface area contributed by atoms with Crippen molar-refractivity contribution in [2.75, 3.05) is 0 Å². The van der Waals surface area contributed by atoms with Crippen LogP contribution in [0.5, 0.6) is 0 Å². The van der Waals surface area contributed by atoms with E-state index in [-0.39, 0.29) is 17.4 Å². The first-order chi connectivity index (χ1) is 9.58. The zero-order valence-corrected chi connectivity index (χ0v) is 11.2. The van der Waals surface area contributed by atoms with Crippen molar-refractivity contribution < 1.29 is 14.5 Å². The van der Waals surface area contributed by atoms with E-state index >= 15 is 0 Å². The Kier molecular flexibility index (Phi) is 4.50. The molecule has 0 N–H and O–H groups in total. The van der Waals surface area contributed by atoms with E-state index in [4.69, 9.17) is 4.74 Å². The van der Waals surface area contributed by atoms with Gasteiger partial charge >= 0.3 is 5.97 Å². The molecule has 2 rings (SSSR count). The monoisotopic (exact) mass is 275 g/mol. The predicted molar refractivity (Wildman–Crippen MR) is 75.1 cm³/mol. The molecule has 0 saturated heterocycles. The second-order valence-corrected chi connectivity index (χ2v) is 4.95. The molecule has 1 aliphatic carbocycles. The van der Waals surface area contributed by atoms with Crippen molar-refractivity contribution in [1.29, 1.82) is 0 Å². The Balaban J connectivity index is 1.98. The summed E-state index contributed by atoms with van der Waals surface area (Å²) in [7, 11) is 0. The number of nitro benzene ring substituents is 1. The van der Waals surface area contributed by atoms with E-state index < -0.39 is 10.9 Å². The second-order valence-electron chi connectivity index (χ2n) is 4.95. The number of rotatable bonds is 4. The SMILES string of the molecule is C=C(C(=O)OC1CCCCC1)c1ccc([N+](=O)[O-])cc1. The average molecular weight is 275 g/mol. The summed E-state index contributed by atoms with van der Waals surface area (Å²) >= 11 is 0. The first-order valence-electron chi connectivity index (χ1n) is 6.72. The van der Waals surface area contributed by atoms with Crippen molar-refractivity contribution in [3.63, 3.8) is 0 Å². The molecule has 0 aliphatic heterocycles. The molecule has 1 fully saturated rings. The molecule has 1 saturated carbocycles. The molecule has 5 nitrogen and oxygen atoms in total. The van der Waals surface area contributed by atoms with E-state index in [0.29, 0.717) is 5.56 Å². The largest absolute Gasteiger partial charge is 0.459 e. The van der Waals surface area contributed by atoms with Gasteiger partial charge in [0.25, 0.3) is 5.69 Å². The summed E-state index contributed by atoms with van der Waals surface area (Å²) < 4.78 is 5.41. The van der Waals surface area contributed by atoms with E-state index in [9.17, 15) is 14.9 Å². The van der Waals surface area contributed by atoms with Crippen LogP contribution in [0.25, 0.3) is 5.57 Å². The van der Waals surface area contributed by atoms with Crippen LogP contribution in [0.15, 0.2) is 30.8 Å². The first-order valence-corrected chi connectivity index (χ1v) is 6.72. The highest BCUT2D eigenvalue weighted by Crippen LogP contribution is 2.24. The summed E-state index contributed by atoms with van der Waals surface area (Å²) in [5, 5.41) is 10.6. The maximum Gasteiger partial charge on any atom is 0.338 e. The average Bonchev–Trinajstić information content (AvgIpc) is 2.47. The lowest BCUT2D eigenvalue weighted by atomic mass is 9.97. The van der Waals surface area contributed by atoms with Crippen molar-refractivity contribution in [1.82, 2.24) is 0 Å². The minimum atomic E-state index is -0.479. The van der Waals surface area contributed by atoms with Crippen molar-refractivity contribution >= 4 is 17.2 Å². The summed E-state index contributed by atoms with van der Waals surface area (Å²) in [5.41, 5.74) is 0.782. The van der Waals surface area contributed by atoms with Gasteiger partial charge in [-0.15, -0.1) is 0 Å². The Bertz CT molecular complexity index is 515. The quantitative estimate of drug-likeness (QED) is 0.365. The number of benzene rings is 1. The number of ether oxygens (including phenoxy) is 1. The standard InChI is InChI=1S/C15H17NO4/c1-11(12-7-9-13(10-8-12)16(18)19)15(17)20-14-5-3-2-4-6-14/h7-10,14H,1-6H2. The van der Waals surface area contributed by atoms with Crippen LogP contribution in [-0.4, -0.2) is 17.0 Å². The number of hydrogen-bond donors (Lipinski definition) is 0. The van der Waals surface area contributed by atoms with Gasteiger partial charge in [-0.05, 0) is 43.4 Å².